The van der Waals surface area contributed by atoms with Gasteiger partial charge in [-0.15, -0.1) is 0 Å². The fourth-order valence-electron chi connectivity index (χ4n) is 1.04. The Balaban J connectivity index is 2.19. The first kappa shape index (κ1) is 9.04. The third kappa shape index (κ3) is 3.75. The smallest absolute Gasteiger partial charge is 0.0594 e. The van der Waals surface area contributed by atoms with Crippen LogP contribution in [0.3, 0.4) is 0 Å². The number of rotatable bonds is 2. The van der Waals surface area contributed by atoms with E-state index in [9.17, 15) is 0 Å². The first-order valence-electron chi connectivity index (χ1n) is 3.91. The van der Waals surface area contributed by atoms with Gasteiger partial charge in [0, 0.05) is 24.7 Å². The Morgan fingerprint density at radius 2 is 2.18 bits per heavy atom. The summed E-state index contributed by atoms with van der Waals surface area (Å²) in [6, 6.07) is 0. The number of nitrogens with zero attached hydrogens (tertiary/aromatic N) is 1. The molecule has 0 saturated carbocycles. The van der Waals surface area contributed by atoms with Gasteiger partial charge in [0.25, 0.3) is 0 Å². The van der Waals surface area contributed by atoms with Crippen LogP contribution >= 0.6 is 11.6 Å². The molecule has 3 heteroatoms. The maximum absolute atomic E-state index is 5.70. The molecule has 2 nitrogen and oxygen atoms in total. The normalized spacial score (nSPS) is 22.2. The fourth-order valence-corrected chi connectivity index (χ4v) is 1.11. The summed E-state index contributed by atoms with van der Waals surface area (Å²) in [5.41, 5.74) is 0. The molecule has 0 unspecified atom stereocenters. The van der Waals surface area contributed by atoms with Crippen molar-refractivity contribution in [2.24, 2.45) is 0 Å². The molecule has 0 N–H and O–H groups in total. The lowest BCUT2D eigenvalue weighted by molar-refractivity contribution is 0.0434. The molecule has 0 bridgehead atoms. The van der Waals surface area contributed by atoms with Gasteiger partial charge >= 0.3 is 0 Å². The zero-order chi connectivity index (χ0) is 8.10. The highest BCUT2D eigenvalue weighted by Gasteiger charge is 2.07. The minimum atomic E-state index is 0.856. The summed E-state index contributed by atoms with van der Waals surface area (Å²) in [6.07, 6.45) is 2.03. The standard InChI is InChI=1S/C8H14ClNO/c1-8(9)2-3-10-4-6-11-7-5-10/h2H,3-7H2,1H3/b8-2-. The SMILES string of the molecule is C/C(Cl)=C/CN1CCOCC1. The second-order valence-corrected chi connectivity index (χ2v) is 3.30. The predicted octanol–water partition coefficient (Wildman–Crippen LogP) is 1.46. The van der Waals surface area contributed by atoms with Crippen LogP contribution in [0.25, 0.3) is 0 Å². The van der Waals surface area contributed by atoms with Crippen molar-refractivity contribution < 1.29 is 4.74 Å². The molecule has 0 atom stereocenters. The summed E-state index contributed by atoms with van der Waals surface area (Å²) in [6.45, 7) is 6.63. The minimum Gasteiger partial charge on any atom is -0.379 e. The summed E-state index contributed by atoms with van der Waals surface area (Å²) in [5, 5.41) is 0.872. The quantitative estimate of drug-likeness (QED) is 0.630. The highest BCUT2D eigenvalue weighted by atomic mass is 35.5. The maximum Gasteiger partial charge on any atom is 0.0594 e. The van der Waals surface area contributed by atoms with Gasteiger partial charge in [0.1, 0.15) is 0 Å². The Kier molecular flexibility index (Phi) is 3.91. The van der Waals surface area contributed by atoms with Gasteiger partial charge in [-0.05, 0) is 6.92 Å². The van der Waals surface area contributed by atoms with Gasteiger partial charge in [-0.2, -0.15) is 0 Å². The van der Waals surface area contributed by atoms with Crippen molar-refractivity contribution in [1.82, 2.24) is 4.90 Å². The fraction of sp³-hybridized carbons (Fsp3) is 0.750. The van der Waals surface area contributed by atoms with Crippen LogP contribution in [0.2, 0.25) is 0 Å². The molecule has 0 aromatic carbocycles. The van der Waals surface area contributed by atoms with Crippen LogP contribution in [-0.2, 0) is 4.74 Å². The lowest BCUT2D eigenvalue weighted by Crippen LogP contribution is -2.36. The van der Waals surface area contributed by atoms with Crippen molar-refractivity contribution >= 4 is 11.6 Å². The molecule has 0 spiro atoms. The molecule has 1 aliphatic rings. The monoisotopic (exact) mass is 175 g/mol. The lowest BCUT2D eigenvalue weighted by Gasteiger charge is -2.25. The summed E-state index contributed by atoms with van der Waals surface area (Å²) in [4.78, 5) is 2.33. The van der Waals surface area contributed by atoms with Gasteiger partial charge in [-0.25, -0.2) is 0 Å². The van der Waals surface area contributed by atoms with Gasteiger partial charge < -0.3 is 4.74 Å². The van der Waals surface area contributed by atoms with E-state index in [1.54, 1.807) is 0 Å². The Hall–Kier alpha value is -0.0500. The Labute approximate surface area is 72.8 Å². The minimum absolute atomic E-state index is 0.856. The first-order valence-corrected chi connectivity index (χ1v) is 4.29. The van der Waals surface area contributed by atoms with Crippen molar-refractivity contribution in [2.45, 2.75) is 6.92 Å². The van der Waals surface area contributed by atoms with Gasteiger partial charge in [-0.1, -0.05) is 17.7 Å². The molecule has 1 heterocycles. The Morgan fingerprint density at radius 3 is 2.73 bits per heavy atom. The van der Waals surface area contributed by atoms with E-state index >= 15 is 0 Å². The lowest BCUT2D eigenvalue weighted by atomic mass is 10.4. The van der Waals surface area contributed by atoms with E-state index < -0.39 is 0 Å². The van der Waals surface area contributed by atoms with E-state index in [4.69, 9.17) is 16.3 Å². The topological polar surface area (TPSA) is 12.5 Å². The molecule has 1 fully saturated rings. The van der Waals surface area contributed by atoms with E-state index in [1.165, 1.54) is 0 Å². The zero-order valence-electron chi connectivity index (χ0n) is 6.85. The molecule has 0 aromatic rings. The summed E-state index contributed by atoms with van der Waals surface area (Å²) < 4.78 is 5.21. The van der Waals surface area contributed by atoms with Crippen molar-refractivity contribution in [3.8, 4) is 0 Å². The number of ether oxygens (including phenoxy) is 1. The summed E-state index contributed by atoms with van der Waals surface area (Å²) >= 11 is 5.70. The zero-order valence-corrected chi connectivity index (χ0v) is 7.60. The molecule has 0 aromatic heterocycles. The van der Waals surface area contributed by atoms with Crippen molar-refractivity contribution in [1.29, 1.82) is 0 Å². The third-order valence-electron chi connectivity index (χ3n) is 1.73. The molecule has 0 aliphatic carbocycles. The van der Waals surface area contributed by atoms with E-state index in [2.05, 4.69) is 4.90 Å². The van der Waals surface area contributed by atoms with Crippen LogP contribution in [0.5, 0.6) is 0 Å². The van der Waals surface area contributed by atoms with E-state index in [-0.39, 0.29) is 0 Å². The average Bonchev–Trinajstić information content (AvgIpc) is 2.03. The summed E-state index contributed by atoms with van der Waals surface area (Å²) in [5.74, 6) is 0. The molecule has 0 amide bonds. The third-order valence-corrected chi connectivity index (χ3v) is 1.89. The van der Waals surface area contributed by atoms with E-state index in [0.29, 0.717) is 0 Å². The van der Waals surface area contributed by atoms with Crippen molar-refractivity contribution in [3.63, 3.8) is 0 Å². The molecular weight excluding hydrogens is 162 g/mol. The van der Waals surface area contributed by atoms with Crippen LogP contribution in [0.15, 0.2) is 11.1 Å². The largest absolute Gasteiger partial charge is 0.379 e. The summed E-state index contributed by atoms with van der Waals surface area (Å²) in [7, 11) is 0. The second kappa shape index (κ2) is 4.75. The number of hydrogen-bond acceptors (Lipinski definition) is 2. The molecule has 1 rings (SSSR count). The Bertz CT molecular complexity index is 137. The van der Waals surface area contributed by atoms with Crippen molar-refractivity contribution in [2.75, 3.05) is 32.8 Å². The second-order valence-electron chi connectivity index (χ2n) is 2.70. The maximum atomic E-state index is 5.70. The van der Waals surface area contributed by atoms with Crippen LogP contribution < -0.4 is 0 Å². The van der Waals surface area contributed by atoms with Gasteiger partial charge in [-0.3, -0.25) is 4.90 Å². The van der Waals surface area contributed by atoms with E-state index in [1.807, 2.05) is 13.0 Å². The first-order chi connectivity index (χ1) is 5.29. The number of allylic oxidation sites excluding steroid dienone is 1. The molecule has 64 valence electrons. The predicted molar refractivity (Wildman–Crippen MR) is 46.9 cm³/mol. The van der Waals surface area contributed by atoms with Crippen LogP contribution in [0, 0.1) is 0 Å². The molecule has 11 heavy (non-hydrogen) atoms. The van der Waals surface area contributed by atoms with Crippen LogP contribution in [-0.4, -0.2) is 37.7 Å². The highest BCUT2D eigenvalue weighted by Crippen LogP contribution is 2.01. The van der Waals surface area contributed by atoms with Gasteiger partial charge in [0.2, 0.25) is 0 Å². The van der Waals surface area contributed by atoms with Gasteiger partial charge in [0.05, 0.1) is 13.2 Å². The highest BCUT2D eigenvalue weighted by molar-refractivity contribution is 6.29. The Morgan fingerprint density at radius 1 is 1.55 bits per heavy atom. The van der Waals surface area contributed by atoms with Crippen molar-refractivity contribution in [3.05, 3.63) is 11.1 Å². The van der Waals surface area contributed by atoms with Crippen LogP contribution in [0.1, 0.15) is 6.92 Å². The number of morpholine rings is 1. The molecule has 0 radical (unpaired) electrons. The van der Waals surface area contributed by atoms with Crippen LogP contribution in [0.4, 0.5) is 0 Å². The molecule has 1 saturated heterocycles. The van der Waals surface area contributed by atoms with E-state index in [0.717, 1.165) is 37.9 Å². The van der Waals surface area contributed by atoms with Gasteiger partial charge in [0.15, 0.2) is 0 Å². The number of halogens is 1. The molecule has 1 aliphatic heterocycles. The average molecular weight is 176 g/mol. The molecular formula is C8H14ClNO. The number of hydrogen-bond donors (Lipinski definition) is 0.